The molecular formula is C19H27N5O2. The van der Waals surface area contributed by atoms with Crippen molar-refractivity contribution in [1.29, 1.82) is 0 Å². The number of likely N-dealkylation sites (tertiary alicyclic amines) is 1. The molecule has 0 radical (unpaired) electrons. The van der Waals surface area contributed by atoms with E-state index in [1.807, 2.05) is 11.8 Å². The van der Waals surface area contributed by atoms with Gasteiger partial charge in [0.15, 0.2) is 0 Å². The average Bonchev–Trinajstić information content (AvgIpc) is 3.23. The van der Waals surface area contributed by atoms with Crippen LogP contribution in [0.5, 0.6) is 0 Å². The van der Waals surface area contributed by atoms with Crippen molar-refractivity contribution in [3.63, 3.8) is 0 Å². The van der Waals surface area contributed by atoms with Crippen LogP contribution in [0.15, 0.2) is 10.7 Å². The zero-order valence-corrected chi connectivity index (χ0v) is 16.0. The standard InChI is InChI=1S/C19H27N5O2/c1-12-14(18(25)24-9-5-13(6-10-24)23(3)4)15-16(22-19(2)7-8-19)20-11-21-17(15)26-12/h11,13H,5-10H2,1-4H3,(H,20,21,22). The molecular weight excluding hydrogens is 330 g/mol. The third kappa shape index (κ3) is 3.05. The van der Waals surface area contributed by atoms with Gasteiger partial charge in [0.2, 0.25) is 5.71 Å². The smallest absolute Gasteiger partial charge is 0.258 e. The lowest BCUT2D eigenvalue weighted by molar-refractivity contribution is 0.0663. The van der Waals surface area contributed by atoms with Gasteiger partial charge < -0.3 is 19.5 Å². The summed E-state index contributed by atoms with van der Waals surface area (Å²) in [6.45, 7) is 5.54. The van der Waals surface area contributed by atoms with Gasteiger partial charge in [-0.3, -0.25) is 4.79 Å². The molecule has 1 aliphatic carbocycles. The fraction of sp³-hybridized carbons (Fsp3) is 0.632. The summed E-state index contributed by atoms with van der Waals surface area (Å²) in [5.74, 6) is 1.35. The molecule has 0 aromatic carbocycles. The van der Waals surface area contributed by atoms with E-state index in [1.165, 1.54) is 6.33 Å². The van der Waals surface area contributed by atoms with E-state index in [0.29, 0.717) is 28.9 Å². The highest BCUT2D eigenvalue weighted by Crippen LogP contribution is 2.40. The summed E-state index contributed by atoms with van der Waals surface area (Å²) >= 11 is 0. The van der Waals surface area contributed by atoms with Gasteiger partial charge in [-0.25, -0.2) is 9.97 Å². The van der Waals surface area contributed by atoms with Crippen LogP contribution in [0.1, 0.15) is 48.7 Å². The Labute approximate surface area is 153 Å². The third-order valence-electron chi connectivity index (χ3n) is 5.78. The molecule has 1 N–H and O–H groups in total. The van der Waals surface area contributed by atoms with Crippen molar-refractivity contribution < 1.29 is 9.21 Å². The van der Waals surface area contributed by atoms with E-state index in [2.05, 4.69) is 41.2 Å². The highest BCUT2D eigenvalue weighted by Gasteiger charge is 2.39. The van der Waals surface area contributed by atoms with Crippen LogP contribution in [-0.2, 0) is 0 Å². The molecule has 2 aliphatic rings. The Morgan fingerprint density at radius 1 is 1.31 bits per heavy atom. The van der Waals surface area contributed by atoms with Gasteiger partial charge in [-0.2, -0.15) is 0 Å². The Balaban J connectivity index is 1.65. The number of aryl methyl sites for hydroxylation is 1. The molecule has 26 heavy (non-hydrogen) atoms. The van der Waals surface area contributed by atoms with Gasteiger partial charge >= 0.3 is 0 Å². The molecule has 7 heteroatoms. The Kier molecular flexibility index (Phi) is 4.14. The second-order valence-corrected chi connectivity index (χ2v) is 8.11. The highest BCUT2D eigenvalue weighted by molar-refractivity contribution is 6.10. The molecule has 1 amide bonds. The van der Waals surface area contributed by atoms with Crippen molar-refractivity contribution in [2.45, 2.75) is 51.1 Å². The summed E-state index contributed by atoms with van der Waals surface area (Å²) in [4.78, 5) is 26.1. The molecule has 140 valence electrons. The van der Waals surface area contributed by atoms with Gasteiger partial charge in [-0.1, -0.05) is 0 Å². The van der Waals surface area contributed by atoms with Crippen LogP contribution < -0.4 is 5.32 Å². The SMILES string of the molecule is Cc1oc2ncnc(NC3(C)CC3)c2c1C(=O)N1CCC(N(C)C)CC1. The highest BCUT2D eigenvalue weighted by atomic mass is 16.3. The fourth-order valence-electron chi connectivity index (χ4n) is 3.74. The van der Waals surface area contributed by atoms with Crippen LogP contribution >= 0.6 is 0 Å². The van der Waals surface area contributed by atoms with Gasteiger partial charge in [-0.05, 0) is 53.6 Å². The van der Waals surface area contributed by atoms with Gasteiger partial charge in [0.1, 0.15) is 17.9 Å². The van der Waals surface area contributed by atoms with Crippen molar-refractivity contribution in [3.05, 3.63) is 17.7 Å². The molecule has 0 spiro atoms. The van der Waals surface area contributed by atoms with Gasteiger partial charge in [-0.15, -0.1) is 0 Å². The maximum Gasteiger partial charge on any atom is 0.258 e. The Hall–Kier alpha value is -2.15. The zero-order valence-electron chi connectivity index (χ0n) is 16.0. The van der Waals surface area contributed by atoms with Crippen molar-refractivity contribution >= 4 is 22.8 Å². The lowest BCUT2D eigenvalue weighted by atomic mass is 10.0. The number of amides is 1. The number of hydrogen-bond acceptors (Lipinski definition) is 6. The van der Waals surface area contributed by atoms with E-state index < -0.39 is 0 Å². The van der Waals surface area contributed by atoms with E-state index in [4.69, 9.17) is 4.42 Å². The van der Waals surface area contributed by atoms with Gasteiger partial charge in [0.05, 0.1) is 10.9 Å². The first-order valence-electron chi connectivity index (χ1n) is 9.36. The molecule has 1 aliphatic heterocycles. The second kappa shape index (κ2) is 6.23. The number of rotatable bonds is 4. The van der Waals surface area contributed by atoms with E-state index >= 15 is 0 Å². The first kappa shape index (κ1) is 17.3. The summed E-state index contributed by atoms with van der Waals surface area (Å²) in [5, 5.41) is 4.20. The normalized spacial score (nSPS) is 20.0. The minimum absolute atomic E-state index is 0.0252. The number of furan rings is 1. The van der Waals surface area contributed by atoms with Crippen LogP contribution in [0.25, 0.3) is 11.1 Å². The van der Waals surface area contributed by atoms with E-state index in [9.17, 15) is 4.79 Å². The number of nitrogens with one attached hydrogen (secondary N) is 1. The number of piperidine rings is 1. The number of hydrogen-bond donors (Lipinski definition) is 1. The van der Waals surface area contributed by atoms with Crippen molar-refractivity contribution in [2.75, 3.05) is 32.5 Å². The molecule has 7 nitrogen and oxygen atoms in total. The first-order valence-corrected chi connectivity index (χ1v) is 9.36. The molecule has 2 aromatic rings. The van der Waals surface area contributed by atoms with E-state index in [1.54, 1.807) is 0 Å². The predicted octanol–water partition coefficient (Wildman–Crippen LogP) is 2.66. The van der Waals surface area contributed by atoms with Gasteiger partial charge in [0.25, 0.3) is 5.91 Å². The zero-order chi connectivity index (χ0) is 18.5. The van der Waals surface area contributed by atoms with Crippen LogP contribution in [0.3, 0.4) is 0 Å². The summed E-state index contributed by atoms with van der Waals surface area (Å²) in [6.07, 6.45) is 5.70. The largest absolute Gasteiger partial charge is 0.442 e. The van der Waals surface area contributed by atoms with Crippen LogP contribution in [0.2, 0.25) is 0 Å². The average molecular weight is 357 g/mol. The summed E-state index contributed by atoms with van der Waals surface area (Å²) in [5.41, 5.74) is 1.16. The number of carbonyl (C=O) groups is 1. The molecule has 2 fully saturated rings. The molecule has 3 heterocycles. The topological polar surface area (TPSA) is 74.5 Å². The van der Waals surface area contributed by atoms with Crippen molar-refractivity contribution in [3.8, 4) is 0 Å². The maximum atomic E-state index is 13.3. The summed E-state index contributed by atoms with van der Waals surface area (Å²) in [6, 6.07) is 0.539. The second-order valence-electron chi connectivity index (χ2n) is 8.11. The third-order valence-corrected chi connectivity index (χ3v) is 5.78. The summed E-state index contributed by atoms with van der Waals surface area (Å²) < 4.78 is 5.80. The minimum Gasteiger partial charge on any atom is -0.442 e. The predicted molar refractivity (Wildman–Crippen MR) is 100 cm³/mol. The number of carbonyl (C=O) groups excluding carboxylic acids is 1. The molecule has 4 rings (SSSR count). The number of fused-ring (bicyclic) bond motifs is 1. The molecule has 2 aromatic heterocycles. The van der Waals surface area contributed by atoms with Crippen LogP contribution in [0.4, 0.5) is 5.82 Å². The Bertz CT molecular complexity index is 832. The number of nitrogens with zero attached hydrogens (tertiary/aromatic N) is 4. The quantitative estimate of drug-likeness (QED) is 0.907. The lowest BCUT2D eigenvalue weighted by Crippen LogP contribution is -2.44. The number of anilines is 1. The Morgan fingerprint density at radius 3 is 2.62 bits per heavy atom. The molecule has 1 saturated carbocycles. The van der Waals surface area contributed by atoms with Gasteiger partial charge in [0, 0.05) is 24.7 Å². The summed E-state index contributed by atoms with van der Waals surface area (Å²) in [7, 11) is 4.20. The van der Waals surface area contributed by atoms with Crippen molar-refractivity contribution in [1.82, 2.24) is 19.8 Å². The van der Waals surface area contributed by atoms with E-state index in [-0.39, 0.29) is 11.4 Å². The Morgan fingerprint density at radius 2 is 2.00 bits per heavy atom. The first-order chi connectivity index (χ1) is 12.4. The minimum atomic E-state index is 0.0252. The maximum absolute atomic E-state index is 13.3. The lowest BCUT2D eigenvalue weighted by Gasteiger charge is -2.35. The number of aromatic nitrogens is 2. The van der Waals surface area contributed by atoms with Crippen LogP contribution in [0, 0.1) is 6.92 Å². The monoisotopic (exact) mass is 357 g/mol. The fourth-order valence-corrected chi connectivity index (χ4v) is 3.74. The molecule has 0 bridgehead atoms. The van der Waals surface area contributed by atoms with Crippen LogP contribution in [-0.4, -0.2) is 64.4 Å². The molecule has 0 atom stereocenters. The molecule has 0 unspecified atom stereocenters. The molecule has 1 saturated heterocycles. The van der Waals surface area contributed by atoms with Crippen molar-refractivity contribution in [2.24, 2.45) is 0 Å². The van der Waals surface area contributed by atoms with E-state index in [0.717, 1.165) is 44.2 Å².